The second-order valence-electron chi connectivity index (χ2n) is 21.8. The number of nitriles is 1. The van der Waals surface area contributed by atoms with E-state index in [1.54, 1.807) is 12.3 Å². The van der Waals surface area contributed by atoms with Crippen molar-refractivity contribution in [2.75, 3.05) is 13.2 Å². The number of halogens is 3. The van der Waals surface area contributed by atoms with Gasteiger partial charge >= 0.3 is 12.1 Å². The van der Waals surface area contributed by atoms with Crippen LogP contribution in [0.4, 0.5) is 13.2 Å². The molecule has 0 radical (unpaired) electrons. The standard InChI is InChI=1S/C48H61F3N2O5S.C14H26N2/c1-2-3-4-5-6-10-13-18-28-58-45-32-39(31-43(45)47(54)55)59(56,57)46-26-25-35(29-37(46)21-14-11-8-7-9-12-17-27-48(49,50)51)38-33-52-53(34-38)44-24-19-23-41-40-22-16-15-20-36(40)30-42(41)44;1-2-3-4-5-6-7-8-9-12-16-14(13-15)10-11-14/h15-16,19-20,22-26,29,33-34,39,43,45H,2-14,17-18,21,27-28,30-32H2,1H3,(H,54,55);16H,2-12H2,1H3/t39-,43-,45-;/m1./s1. The molecule has 9 nitrogen and oxygen atoms in total. The van der Waals surface area contributed by atoms with E-state index in [4.69, 9.17) is 15.1 Å². The smallest absolute Gasteiger partial charge is 0.389 e. The average Bonchev–Trinajstić information content (AvgIpc) is 3.67. The normalized spacial score (nSPS) is 17.5. The van der Waals surface area contributed by atoms with Gasteiger partial charge in [0.2, 0.25) is 0 Å². The lowest BCUT2D eigenvalue weighted by atomic mass is 10.0. The zero-order valence-electron chi connectivity index (χ0n) is 45.3. The fourth-order valence-electron chi connectivity index (χ4n) is 11.1. The van der Waals surface area contributed by atoms with Crippen LogP contribution in [0.2, 0.25) is 0 Å². The highest BCUT2D eigenvalue weighted by atomic mass is 32.2. The highest BCUT2D eigenvalue weighted by Crippen LogP contribution is 2.41. The van der Waals surface area contributed by atoms with Crippen molar-refractivity contribution in [1.82, 2.24) is 15.1 Å². The van der Waals surface area contributed by atoms with Crippen LogP contribution in [0, 0.1) is 17.2 Å². The topological polar surface area (TPSA) is 134 Å². The van der Waals surface area contributed by atoms with Gasteiger partial charge in [-0.2, -0.15) is 23.5 Å². The van der Waals surface area contributed by atoms with Crippen molar-refractivity contribution < 1.29 is 36.2 Å². The van der Waals surface area contributed by atoms with E-state index in [0.717, 1.165) is 94.0 Å². The number of sulfone groups is 1. The zero-order chi connectivity index (χ0) is 53.5. The minimum Gasteiger partial charge on any atom is -0.481 e. The number of unbranched alkanes of at least 4 members (excludes halogenated alkanes) is 20. The van der Waals surface area contributed by atoms with Crippen LogP contribution < -0.4 is 5.32 Å². The van der Waals surface area contributed by atoms with E-state index in [0.29, 0.717) is 25.0 Å². The molecule has 3 aromatic carbocycles. The Kier molecular flexibility index (Phi) is 24.2. The van der Waals surface area contributed by atoms with Crippen molar-refractivity contribution in [3.63, 3.8) is 0 Å². The van der Waals surface area contributed by atoms with Crippen LogP contribution in [0.1, 0.15) is 210 Å². The number of nitrogens with zero attached hydrogens (tertiary/aromatic N) is 3. The summed E-state index contributed by atoms with van der Waals surface area (Å²) in [5, 5.41) is 26.2. The fourth-order valence-corrected chi connectivity index (χ4v) is 13.1. The first-order valence-corrected chi connectivity index (χ1v) is 30.5. The Balaban J connectivity index is 0.000000488. The number of benzene rings is 3. The highest BCUT2D eigenvalue weighted by Gasteiger charge is 2.46. The Labute approximate surface area is 447 Å². The molecule has 7 rings (SSSR count). The van der Waals surface area contributed by atoms with Gasteiger partial charge in [0.1, 0.15) is 5.54 Å². The van der Waals surface area contributed by atoms with E-state index in [1.807, 2.05) is 29.1 Å². The Hall–Kier alpha value is -4.51. The van der Waals surface area contributed by atoms with Crippen LogP contribution in [0.25, 0.3) is 27.9 Å². The molecule has 1 aromatic heterocycles. The molecule has 0 bridgehead atoms. The molecule has 0 spiro atoms. The van der Waals surface area contributed by atoms with Gasteiger partial charge in [-0.05, 0) is 116 Å². The number of ether oxygens (including phenoxy) is 1. The van der Waals surface area contributed by atoms with Crippen molar-refractivity contribution in [2.45, 2.75) is 234 Å². The summed E-state index contributed by atoms with van der Waals surface area (Å²) >= 11 is 0. The second kappa shape index (κ2) is 30.4. The van der Waals surface area contributed by atoms with Crippen molar-refractivity contribution >= 4 is 15.8 Å². The lowest BCUT2D eigenvalue weighted by molar-refractivity contribution is -0.146. The number of hydrogen-bond donors (Lipinski definition) is 2. The van der Waals surface area contributed by atoms with Gasteiger partial charge in [-0.15, -0.1) is 0 Å². The number of rotatable bonds is 34. The molecule has 0 aliphatic heterocycles. The van der Waals surface area contributed by atoms with Crippen LogP contribution in [0.3, 0.4) is 0 Å². The van der Waals surface area contributed by atoms with Gasteiger partial charge in [-0.1, -0.05) is 178 Å². The zero-order valence-corrected chi connectivity index (χ0v) is 46.1. The van der Waals surface area contributed by atoms with Crippen molar-refractivity contribution in [1.29, 1.82) is 5.26 Å². The summed E-state index contributed by atoms with van der Waals surface area (Å²) in [6.07, 6.45) is 26.4. The number of carbonyl (C=O) groups is 1. The summed E-state index contributed by atoms with van der Waals surface area (Å²) in [5.74, 6) is -1.91. The largest absolute Gasteiger partial charge is 0.481 e. The average molecular weight is 1060 g/mol. The van der Waals surface area contributed by atoms with Crippen molar-refractivity contribution in [3.8, 4) is 34.0 Å². The number of aliphatic carboxylic acids is 1. The summed E-state index contributed by atoms with van der Waals surface area (Å²) in [4.78, 5) is 12.6. The highest BCUT2D eigenvalue weighted by molar-refractivity contribution is 7.92. The van der Waals surface area contributed by atoms with E-state index in [9.17, 15) is 31.5 Å². The number of aromatic nitrogens is 2. The van der Waals surface area contributed by atoms with Crippen LogP contribution in [0.5, 0.6) is 0 Å². The van der Waals surface area contributed by atoms with Gasteiger partial charge in [0, 0.05) is 31.2 Å². The number of carboxylic acids is 1. The first-order valence-electron chi connectivity index (χ1n) is 29.0. The molecule has 3 aliphatic carbocycles. The van der Waals surface area contributed by atoms with E-state index >= 15 is 0 Å². The lowest BCUT2D eigenvalue weighted by Gasteiger charge is -2.17. The SMILES string of the molecule is CCCCCCCCCCNC1(C#N)CC1.CCCCCCCCCCO[C@@H]1C[C@H](S(=O)(=O)c2ccc(-c3cnn(-c4cccc5c4Cc4ccccc4-5)c3)cc2CCCCCCCCCC(F)(F)F)C[C@H]1C(=O)O. The number of fused-ring (bicyclic) bond motifs is 3. The van der Waals surface area contributed by atoms with E-state index in [2.05, 4.69) is 61.6 Å². The number of hydrogen-bond acceptors (Lipinski definition) is 7. The van der Waals surface area contributed by atoms with Crippen molar-refractivity contribution in [3.05, 3.63) is 89.7 Å². The predicted octanol–water partition coefficient (Wildman–Crippen LogP) is 16.3. The van der Waals surface area contributed by atoms with Gasteiger partial charge in [-0.3, -0.25) is 10.1 Å². The summed E-state index contributed by atoms with van der Waals surface area (Å²) in [6.45, 7) is 5.91. The molecule has 2 fully saturated rings. The molecule has 75 heavy (non-hydrogen) atoms. The molecule has 0 saturated heterocycles. The van der Waals surface area contributed by atoms with Gasteiger partial charge < -0.3 is 9.84 Å². The maximum atomic E-state index is 14.5. The summed E-state index contributed by atoms with van der Waals surface area (Å²) in [6, 6.07) is 22.5. The predicted molar refractivity (Wildman–Crippen MR) is 296 cm³/mol. The lowest BCUT2D eigenvalue weighted by Crippen LogP contribution is -2.30. The molecule has 2 saturated carbocycles. The minimum atomic E-state index is -4.12. The number of aryl methyl sites for hydroxylation is 1. The first-order chi connectivity index (χ1) is 36.3. The van der Waals surface area contributed by atoms with E-state index < -0.39 is 45.7 Å². The Morgan fingerprint density at radius 3 is 2.03 bits per heavy atom. The fraction of sp³-hybridized carbons (Fsp3) is 0.629. The molecule has 412 valence electrons. The maximum absolute atomic E-state index is 14.5. The molecule has 3 aliphatic rings. The van der Waals surface area contributed by atoms with Gasteiger partial charge in [0.15, 0.2) is 9.84 Å². The second-order valence-corrected chi connectivity index (χ2v) is 24.0. The van der Waals surface area contributed by atoms with Crippen LogP contribution >= 0.6 is 0 Å². The number of alkyl halides is 3. The molecule has 13 heteroatoms. The third-order valence-corrected chi connectivity index (χ3v) is 18.0. The van der Waals surface area contributed by atoms with Gasteiger partial charge in [-0.25, -0.2) is 13.1 Å². The summed E-state index contributed by atoms with van der Waals surface area (Å²) in [5.41, 5.74) is 8.19. The van der Waals surface area contributed by atoms with Crippen LogP contribution in [-0.4, -0.2) is 65.5 Å². The Morgan fingerprint density at radius 1 is 0.773 bits per heavy atom. The third kappa shape index (κ3) is 18.6. The molecule has 0 amide bonds. The monoisotopic (exact) mass is 1060 g/mol. The molecule has 0 unspecified atom stereocenters. The van der Waals surface area contributed by atoms with E-state index in [-0.39, 0.29) is 29.7 Å². The molecule has 1 heterocycles. The van der Waals surface area contributed by atoms with Gasteiger partial charge in [0.05, 0.1) is 40.1 Å². The van der Waals surface area contributed by atoms with Crippen LogP contribution in [-0.2, 0) is 32.2 Å². The van der Waals surface area contributed by atoms with Crippen LogP contribution in [0.15, 0.2) is 78.0 Å². The van der Waals surface area contributed by atoms with Gasteiger partial charge in [0.25, 0.3) is 0 Å². The molecule has 3 atom stereocenters. The maximum Gasteiger partial charge on any atom is 0.389 e. The number of nitrogens with one attached hydrogen (secondary N) is 1. The summed E-state index contributed by atoms with van der Waals surface area (Å²) in [7, 11) is -3.91. The third-order valence-electron chi connectivity index (χ3n) is 15.8. The number of carboxylic acid groups (broad SMARTS) is 1. The molecular formula is C62H87F3N4O5S. The van der Waals surface area contributed by atoms with Crippen molar-refractivity contribution in [2.24, 2.45) is 5.92 Å². The Morgan fingerprint density at radius 2 is 1.39 bits per heavy atom. The molecular weight excluding hydrogens is 970 g/mol. The minimum absolute atomic E-state index is 0.00727. The first kappa shape index (κ1) is 59.7. The Bertz CT molecular complexity index is 2510. The molecule has 4 aromatic rings. The quantitative estimate of drug-likeness (QED) is 0.0389. The van der Waals surface area contributed by atoms with E-state index in [1.165, 1.54) is 106 Å². The molecule has 2 N–H and O–H groups in total. The summed E-state index contributed by atoms with van der Waals surface area (Å²) < 4.78 is 74.6.